The van der Waals surface area contributed by atoms with Gasteiger partial charge in [-0.3, -0.25) is 9.97 Å². The molecule has 7 rings (SSSR count). The fourth-order valence-electron chi connectivity index (χ4n) is 6.35. The number of aliphatic imine (C=N–C) groups is 2. The zero-order chi connectivity index (χ0) is 52.3. The Bertz CT molecular complexity index is 2540. The molecular formula is C49H52Cl2F6N4O6PdS2. The standard InChI is InChI=1S/C36H40N2.2C5H5N.CH2Cl2.2CHF3O3S.Pd/c1-21(2)26-15-11-16-27(22(3)4)33(26)37-35-30-19-9-13-25-14-10-20-31(32(25)30)36(35)38-34-28(23(5)6)17-12-18-29(34)24(7)8;2*1-2-4-6-5-3-1;2-1-3;2*2-1(3,4)8(5,6)7;/h9-24H,1-8H3;2*1-5H;1H2;2*(H,5,6,7);/q;;;;;;+2/p-2. The van der Waals surface area contributed by atoms with Gasteiger partial charge in [-0.2, -0.15) is 26.3 Å². The van der Waals surface area contributed by atoms with Gasteiger partial charge in [0.2, 0.25) is 0 Å². The Labute approximate surface area is 429 Å². The zero-order valence-electron chi connectivity index (χ0n) is 39.1. The quantitative estimate of drug-likeness (QED) is 0.0523. The van der Waals surface area contributed by atoms with E-state index in [1.807, 2.05) is 36.4 Å². The van der Waals surface area contributed by atoms with Crippen LogP contribution in [0.2, 0.25) is 0 Å². The number of hydrogen-bond acceptors (Lipinski definition) is 10. The summed E-state index contributed by atoms with van der Waals surface area (Å²) in [5, 5.41) is 2.69. The van der Waals surface area contributed by atoms with Gasteiger partial charge in [0.1, 0.15) is 0 Å². The van der Waals surface area contributed by atoms with Gasteiger partial charge in [0.05, 0.1) is 28.1 Å². The minimum absolute atomic E-state index is 0. The van der Waals surface area contributed by atoms with Crippen LogP contribution in [0.1, 0.15) is 112 Å². The maximum absolute atomic E-state index is 10.7. The third kappa shape index (κ3) is 19.2. The van der Waals surface area contributed by atoms with Crippen LogP contribution in [0.4, 0.5) is 37.7 Å². The van der Waals surface area contributed by atoms with Crippen molar-refractivity contribution in [1.82, 2.24) is 9.97 Å². The summed E-state index contributed by atoms with van der Waals surface area (Å²) in [5.74, 6) is 1.51. The smallest absolute Gasteiger partial charge is 0.741 e. The van der Waals surface area contributed by atoms with Crippen LogP contribution in [0.3, 0.4) is 0 Å². The van der Waals surface area contributed by atoms with Crippen LogP contribution < -0.4 is 0 Å². The second kappa shape index (κ2) is 29.1. The van der Waals surface area contributed by atoms with Gasteiger partial charge in [0.25, 0.3) is 0 Å². The molecule has 2 heterocycles. The molecule has 1 aliphatic rings. The molecule has 0 aliphatic heterocycles. The van der Waals surface area contributed by atoms with Gasteiger partial charge in [0.15, 0.2) is 20.2 Å². The van der Waals surface area contributed by atoms with Crippen molar-refractivity contribution in [2.75, 3.05) is 5.34 Å². The van der Waals surface area contributed by atoms with E-state index in [1.165, 1.54) is 44.2 Å². The molecule has 382 valence electrons. The predicted molar refractivity (Wildman–Crippen MR) is 262 cm³/mol. The molecule has 0 saturated carbocycles. The van der Waals surface area contributed by atoms with Crippen molar-refractivity contribution < 1.29 is 72.7 Å². The van der Waals surface area contributed by atoms with Crippen LogP contribution >= 0.6 is 23.2 Å². The van der Waals surface area contributed by atoms with Crippen molar-refractivity contribution in [3.63, 3.8) is 0 Å². The van der Waals surface area contributed by atoms with E-state index in [1.54, 1.807) is 24.8 Å². The second-order valence-corrected chi connectivity index (χ2v) is 19.3. The number of nitrogens with zero attached hydrogens (tertiary/aromatic N) is 4. The van der Waals surface area contributed by atoms with E-state index < -0.39 is 31.3 Å². The van der Waals surface area contributed by atoms with Gasteiger partial charge in [-0.05, 0) is 75.6 Å². The predicted octanol–water partition coefficient (Wildman–Crippen LogP) is 14.3. The van der Waals surface area contributed by atoms with E-state index >= 15 is 0 Å². The maximum atomic E-state index is 10.7. The van der Waals surface area contributed by atoms with Gasteiger partial charge in [-0.15, -0.1) is 23.2 Å². The molecule has 0 fully saturated rings. The van der Waals surface area contributed by atoms with Crippen LogP contribution in [0.25, 0.3) is 10.8 Å². The number of pyridine rings is 2. The third-order valence-corrected chi connectivity index (χ3v) is 10.6. The minimum atomic E-state index is -6.09. The fourth-order valence-corrected chi connectivity index (χ4v) is 6.35. The van der Waals surface area contributed by atoms with Crippen molar-refractivity contribution in [3.05, 3.63) is 167 Å². The first-order valence-corrected chi connectivity index (χ1v) is 24.8. The monoisotopic (exact) mass is 1150 g/mol. The first kappa shape index (κ1) is 63.4. The van der Waals surface area contributed by atoms with Crippen molar-refractivity contribution >= 4 is 77.0 Å². The van der Waals surface area contributed by atoms with Crippen LogP contribution in [0.15, 0.2) is 144 Å². The van der Waals surface area contributed by atoms with E-state index in [0.29, 0.717) is 23.7 Å². The van der Waals surface area contributed by atoms with Gasteiger partial charge < -0.3 is 9.11 Å². The molecule has 70 heavy (non-hydrogen) atoms. The summed E-state index contributed by atoms with van der Waals surface area (Å²) >= 11 is 9.53. The number of benzene rings is 4. The summed E-state index contributed by atoms with van der Waals surface area (Å²) in [7, 11) is -12.2. The number of para-hydroxylation sites is 2. The first-order valence-electron chi connectivity index (χ1n) is 20.9. The van der Waals surface area contributed by atoms with Gasteiger partial charge in [0, 0.05) is 41.3 Å². The van der Waals surface area contributed by atoms with Crippen LogP contribution in [0.5, 0.6) is 0 Å². The summed E-state index contributed by atoms with van der Waals surface area (Å²) < 4.78 is 118. The Morgan fingerprint density at radius 1 is 0.486 bits per heavy atom. The van der Waals surface area contributed by atoms with Crippen molar-refractivity contribution in [3.8, 4) is 0 Å². The fraction of sp³-hybridized carbons (Fsp3) is 0.306. The maximum Gasteiger partial charge on any atom is 2.00 e. The van der Waals surface area contributed by atoms with E-state index in [-0.39, 0.29) is 25.8 Å². The largest absolute Gasteiger partial charge is 2.00 e. The topological polar surface area (TPSA) is 165 Å². The normalized spacial score (nSPS) is 13.2. The molecule has 2 aromatic heterocycles. The van der Waals surface area contributed by atoms with Gasteiger partial charge in [-0.1, -0.05) is 140 Å². The van der Waals surface area contributed by atoms with Crippen LogP contribution in [-0.4, -0.2) is 63.7 Å². The number of hydrogen-bond donors (Lipinski definition) is 0. The number of halogens is 8. The molecule has 0 atom stereocenters. The summed E-state index contributed by atoms with van der Waals surface area (Å²) in [4.78, 5) is 18.7. The molecule has 0 saturated heterocycles. The minimum Gasteiger partial charge on any atom is -0.741 e. The molecule has 0 spiro atoms. The second-order valence-electron chi connectivity index (χ2n) is 15.8. The molecule has 21 heteroatoms. The number of aromatic nitrogens is 2. The SMILES string of the molecule is CC(C)c1cccc(C(C)C)c1N=C1C(=Nc2c(C(C)C)cccc2C(C)C)c2cccc3cccc1c23.ClCCl.O=S(=O)([O-])C(F)(F)F.O=S(=O)([O-])C(F)(F)F.[Pd+2].c1ccncc1.c1ccncc1. The Balaban J connectivity index is 0.000000614. The molecule has 0 bridgehead atoms. The molecule has 0 N–H and O–H groups in total. The zero-order valence-corrected chi connectivity index (χ0v) is 43.8. The number of rotatable bonds is 6. The summed E-state index contributed by atoms with van der Waals surface area (Å²) in [6, 6.07) is 37.9. The molecular weight excluding hydrogens is 1100 g/mol. The molecule has 0 amide bonds. The molecule has 0 radical (unpaired) electrons. The van der Waals surface area contributed by atoms with E-state index in [2.05, 4.69) is 138 Å². The van der Waals surface area contributed by atoms with E-state index in [4.69, 9.17) is 59.1 Å². The molecule has 1 aliphatic carbocycles. The Hall–Kier alpha value is -4.58. The van der Waals surface area contributed by atoms with E-state index in [0.717, 1.165) is 22.8 Å². The summed E-state index contributed by atoms with van der Waals surface area (Å²) in [5.41, 5.74) is 0.399. The average molecular weight is 1150 g/mol. The first-order chi connectivity index (χ1) is 32.1. The Morgan fingerprint density at radius 3 is 0.914 bits per heavy atom. The Morgan fingerprint density at radius 2 is 0.729 bits per heavy atom. The third-order valence-electron chi connectivity index (χ3n) is 9.47. The van der Waals surface area contributed by atoms with Crippen molar-refractivity contribution in [2.45, 2.75) is 90.1 Å². The van der Waals surface area contributed by atoms with Gasteiger partial charge in [-0.25, -0.2) is 26.8 Å². The van der Waals surface area contributed by atoms with Crippen LogP contribution in [0, 0.1) is 0 Å². The molecule has 4 aromatic carbocycles. The molecule has 10 nitrogen and oxygen atoms in total. The van der Waals surface area contributed by atoms with Crippen molar-refractivity contribution in [2.24, 2.45) is 9.98 Å². The average Bonchev–Trinajstić information content (AvgIpc) is 3.57. The molecule has 6 aromatic rings. The molecule has 0 unspecified atom stereocenters. The number of alkyl halides is 8. The van der Waals surface area contributed by atoms with E-state index in [9.17, 15) is 26.3 Å². The Kier molecular flexibility index (Phi) is 26.3. The van der Waals surface area contributed by atoms with Crippen molar-refractivity contribution in [1.29, 1.82) is 0 Å². The van der Waals surface area contributed by atoms with Gasteiger partial charge >= 0.3 is 31.4 Å². The summed E-state index contributed by atoms with van der Waals surface area (Å²) in [6.07, 6.45) is 7.00. The summed E-state index contributed by atoms with van der Waals surface area (Å²) in [6.45, 7) is 18.1. The van der Waals surface area contributed by atoms with Crippen LogP contribution in [-0.2, 0) is 40.7 Å².